The molecule has 190 valence electrons. The van der Waals surface area contributed by atoms with E-state index in [2.05, 4.69) is 16.1 Å². The zero-order valence-corrected chi connectivity index (χ0v) is 20.9. The van der Waals surface area contributed by atoms with Gasteiger partial charge < -0.3 is 14.1 Å². The fraction of sp³-hybridized carbons (Fsp3) is 0.192. The Balaban J connectivity index is 1.76. The van der Waals surface area contributed by atoms with Gasteiger partial charge in [-0.2, -0.15) is 21.5 Å². The second kappa shape index (κ2) is 9.15. The van der Waals surface area contributed by atoms with Crippen LogP contribution in [0.5, 0.6) is 0 Å². The van der Waals surface area contributed by atoms with Gasteiger partial charge in [-0.1, -0.05) is 24.3 Å². The van der Waals surface area contributed by atoms with Crippen LogP contribution in [-0.4, -0.2) is 30.2 Å². The molecule has 4 heterocycles. The monoisotopic (exact) mass is 525 g/mol. The molecule has 1 aromatic carbocycles. The number of hydrogen-bond donors (Lipinski definition) is 1. The zero-order valence-electron chi connectivity index (χ0n) is 20.1. The smallest absolute Gasteiger partial charge is 0.350 e. The highest BCUT2D eigenvalue weighted by Crippen LogP contribution is 2.37. The molecule has 0 unspecified atom stereocenters. The number of thioether (sulfide) groups is 1. The molecule has 0 aliphatic carbocycles. The lowest BCUT2D eigenvalue weighted by Crippen LogP contribution is -2.18. The zero-order chi connectivity index (χ0) is 26.5. The van der Waals surface area contributed by atoms with E-state index in [1.807, 2.05) is 24.5 Å². The number of aromatic nitrogens is 5. The Morgan fingerprint density at radius 2 is 1.70 bits per heavy atom. The van der Waals surface area contributed by atoms with E-state index < -0.39 is 6.30 Å². The number of nitrogens with one attached hydrogen (secondary N) is 1. The van der Waals surface area contributed by atoms with Crippen molar-refractivity contribution in [1.29, 1.82) is 0 Å². The average Bonchev–Trinajstić information content (AvgIpc) is 3.51. The maximum atomic E-state index is 13.1. The molecule has 0 amide bonds. The van der Waals surface area contributed by atoms with Gasteiger partial charge in [-0.3, -0.25) is 9.59 Å². The van der Waals surface area contributed by atoms with E-state index >= 15 is 0 Å². The molecule has 1 N–H and O–H groups in total. The third kappa shape index (κ3) is 4.50. The number of pyridine rings is 2. The Bertz CT molecular complexity index is 1760. The van der Waals surface area contributed by atoms with Crippen molar-refractivity contribution in [1.82, 2.24) is 23.9 Å². The van der Waals surface area contributed by atoms with Crippen LogP contribution in [0.1, 0.15) is 5.56 Å². The maximum absolute atomic E-state index is 13.1. The van der Waals surface area contributed by atoms with Gasteiger partial charge in [-0.15, -0.1) is 13.2 Å². The third-order valence-electron chi connectivity index (χ3n) is 6.19. The van der Waals surface area contributed by atoms with E-state index in [1.54, 1.807) is 44.3 Å². The molecular weight excluding hydrogens is 503 g/mol. The SMILES string of the molecule is CSCc1cccc(-c2cn(C)c(=O)cc2-c2cn(C)c(=O)c3[nH]c(-c4cnn(C(F)(F)F)c4)cc23)c1. The number of alkyl halides is 3. The molecule has 4 aromatic heterocycles. The van der Waals surface area contributed by atoms with Gasteiger partial charge in [-0.25, -0.2) is 0 Å². The molecule has 11 heteroatoms. The first-order chi connectivity index (χ1) is 17.6. The first kappa shape index (κ1) is 24.7. The summed E-state index contributed by atoms with van der Waals surface area (Å²) >= 11 is 1.70. The van der Waals surface area contributed by atoms with Gasteiger partial charge in [0.2, 0.25) is 0 Å². The molecule has 0 atom stereocenters. The van der Waals surface area contributed by atoms with Gasteiger partial charge in [0.15, 0.2) is 0 Å². The summed E-state index contributed by atoms with van der Waals surface area (Å²) in [7, 11) is 3.26. The predicted octanol–water partition coefficient (Wildman–Crippen LogP) is 5.10. The molecule has 7 nitrogen and oxygen atoms in total. The topological polar surface area (TPSA) is 77.6 Å². The van der Waals surface area contributed by atoms with Gasteiger partial charge in [0, 0.05) is 72.3 Å². The van der Waals surface area contributed by atoms with E-state index in [1.165, 1.54) is 15.2 Å². The molecule has 37 heavy (non-hydrogen) atoms. The number of hydrogen-bond acceptors (Lipinski definition) is 4. The van der Waals surface area contributed by atoms with E-state index in [-0.39, 0.29) is 26.9 Å². The van der Waals surface area contributed by atoms with Crippen LogP contribution in [0.4, 0.5) is 13.2 Å². The fourth-order valence-electron chi connectivity index (χ4n) is 4.38. The Morgan fingerprint density at radius 1 is 0.946 bits per heavy atom. The van der Waals surface area contributed by atoms with Gasteiger partial charge in [-0.05, 0) is 29.0 Å². The lowest BCUT2D eigenvalue weighted by atomic mass is 9.94. The van der Waals surface area contributed by atoms with Crippen LogP contribution in [0.2, 0.25) is 0 Å². The molecule has 0 aliphatic rings. The highest BCUT2D eigenvalue weighted by Gasteiger charge is 2.32. The minimum atomic E-state index is -4.66. The van der Waals surface area contributed by atoms with E-state index in [9.17, 15) is 22.8 Å². The van der Waals surface area contributed by atoms with E-state index in [4.69, 9.17) is 0 Å². The Morgan fingerprint density at radius 3 is 2.41 bits per heavy atom. The molecular formula is C26H22F3N5O2S. The quantitative estimate of drug-likeness (QED) is 0.346. The highest BCUT2D eigenvalue weighted by atomic mass is 32.2. The van der Waals surface area contributed by atoms with E-state index in [0.717, 1.165) is 34.8 Å². The predicted molar refractivity (Wildman–Crippen MR) is 139 cm³/mol. The molecule has 0 saturated carbocycles. The van der Waals surface area contributed by atoms with E-state index in [0.29, 0.717) is 22.2 Å². The number of aryl methyl sites for hydroxylation is 2. The Hall–Kier alpha value is -3.99. The molecule has 5 aromatic rings. The first-order valence-corrected chi connectivity index (χ1v) is 12.6. The summed E-state index contributed by atoms with van der Waals surface area (Å²) in [4.78, 5) is 28.7. The maximum Gasteiger partial charge on any atom is 0.504 e. The molecule has 5 rings (SSSR count). The van der Waals surface area contributed by atoms with Crippen LogP contribution < -0.4 is 11.1 Å². The van der Waals surface area contributed by atoms with Crippen LogP contribution in [0.3, 0.4) is 0 Å². The van der Waals surface area contributed by atoms with Crippen molar-refractivity contribution in [2.45, 2.75) is 12.1 Å². The number of benzene rings is 1. The largest absolute Gasteiger partial charge is 0.504 e. The number of H-pyrrole nitrogens is 1. The molecule has 0 radical (unpaired) electrons. The minimum Gasteiger partial charge on any atom is -0.350 e. The summed E-state index contributed by atoms with van der Waals surface area (Å²) in [6.07, 6.45) is 2.71. The number of halogens is 3. The van der Waals surface area contributed by atoms with Crippen molar-refractivity contribution in [3.8, 4) is 33.5 Å². The first-order valence-electron chi connectivity index (χ1n) is 11.2. The van der Waals surface area contributed by atoms with Gasteiger partial charge >= 0.3 is 6.30 Å². The van der Waals surface area contributed by atoms with Crippen LogP contribution in [0.15, 0.2) is 70.8 Å². The molecule has 0 bridgehead atoms. The third-order valence-corrected chi connectivity index (χ3v) is 6.81. The second-order valence-corrected chi connectivity index (χ2v) is 9.62. The van der Waals surface area contributed by atoms with Crippen molar-refractivity contribution in [3.63, 3.8) is 0 Å². The Labute approximate surface area is 213 Å². The van der Waals surface area contributed by atoms with Gasteiger partial charge in [0.1, 0.15) is 5.52 Å². The van der Waals surface area contributed by atoms with Crippen LogP contribution in [0.25, 0.3) is 44.4 Å². The van der Waals surface area contributed by atoms with Crippen LogP contribution >= 0.6 is 11.8 Å². The summed E-state index contributed by atoms with van der Waals surface area (Å²) in [5.74, 6) is 0.825. The summed E-state index contributed by atoms with van der Waals surface area (Å²) in [6, 6.07) is 11.2. The van der Waals surface area contributed by atoms with Crippen molar-refractivity contribution < 1.29 is 13.2 Å². The highest BCUT2D eigenvalue weighted by molar-refractivity contribution is 7.97. The lowest BCUT2D eigenvalue weighted by molar-refractivity contribution is -0.212. The lowest BCUT2D eigenvalue weighted by Gasteiger charge is -2.14. The van der Waals surface area contributed by atoms with Crippen molar-refractivity contribution in [2.75, 3.05) is 6.26 Å². The summed E-state index contributed by atoms with van der Waals surface area (Å²) in [5, 5.41) is 3.89. The average molecular weight is 526 g/mol. The fourth-order valence-corrected chi connectivity index (χ4v) is 4.90. The standard InChI is InChI=1S/C26H22F3N5O2S/c1-32-12-20(16-6-4-5-15(7-16)14-37-3)18(9-23(32)35)21-13-33(2)25(36)24-19(21)8-22(31-24)17-10-30-34(11-17)26(27,28)29/h4-13,31H,14H2,1-3H3. The van der Waals surface area contributed by atoms with Crippen LogP contribution in [-0.2, 0) is 26.1 Å². The summed E-state index contributed by atoms with van der Waals surface area (Å²) in [5.41, 5.74) is 4.16. The summed E-state index contributed by atoms with van der Waals surface area (Å²) in [6.45, 7) is 0. The van der Waals surface area contributed by atoms with Crippen molar-refractivity contribution >= 4 is 22.7 Å². The van der Waals surface area contributed by atoms with Crippen molar-refractivity contribution in [2.24, 2.45) is 14.1 Å². The normalized spacial score (nSPS) is 11.9. The van der Waals surface area contributed by atoms with Crippen LogP contribution in [0, 0.1) is 0 Å². The molecule has 0 spiro atoms. The minimum absolute atomic E-state index is 0.0898. The number of rotatable bonds is 5. The number of nitrogens with zero attached hydrogens (tertiary/aromatic N) is 4. The molecule has 0 aliphatic heterocycles. The molecule has 0 saturated heterocycles. The summed E-state index contributed by atoms with van der Waals surface area (Å²) < 4.78 is 42.0. The Kier molecular flexibility index (Phi) is 6.10. The number of fused-ring (bicyclic) bond motifs is 1. The second-order valence-electron chi connectivity index (χ2n) is 8.76. The van der Waals surface area contributed by atoms with Gasteiger partial charge in [0.25, 0.3) is 11.1 Å². The van der Waals surface area contributed by atoms with Crippen molar-refractivity contribution in [3.05, 3.63) is 87.5 Å². The number of aromatic amines is 1. The van der Waals surface area contributed by atoms with Gasteiger partial charge in [0.05, 0.1) is 6.20 Å². The molecule has 0 fully saturated rings.